The summed E-state index contributed by atoms with van der Waals surface area (Å²) in [6, 6.07) is 5.79. The zero-order valence-electron chi connectivity index (χ0n) is 11.0. The molecule has 1 saturated heterocycles. The van der Waals surface area contributed by atoms with Gasteiger partial charge in [-0.2, -0.15) is 0 Å². The second-order valence-corrected chi connectivity index (χ2v) is 4.84. The highest BCUT2D eigenvalue weighted by atomic mass is 16.5. The van der Waals surface area contributed by atoms with E-state index in [0.717, 1.165) is 16.9 Å². The zero-order valence-corrected chi connectivity index (χ0v) is 11.0. The van der Waals surface area contributed by atoms with Crippen LogP contribution >= 0.6 is 0 Å². The molecule has 5 nitrogen and oxygen atoms in total. The van der Waals surface area contributed by atoms with Crippen molar-refractivity contribution >= 4 is 11.9 Å². The highest BCUT2D eigenvalue weighted by Crippen LogP contribution is 2.23. The van der Waals surface area contributed by atoms with Gasteiger partial charge in [0.05, 0.1) is 5.92 Å². The van der Waals surface area contributed by atoms with Crippen molar-refractivity contribution in [1.82, 2.24) is 4.90 Å². The molecule has 0 bridgehead atoms. The fourth-order valence-corrected chi connectivity index (χ4v) is 2.09. The summed E-state index contributed by atoms with van der Waals surface area (Å²) in [5, 5.41) is 8.74. The fraction of sp³-hybridized carbons (Fsp3) is 0.429. The minimum Gasteiger partial charge on any atom is -0.483 e. The second-order valence-electron chi connectivity index (χ2n) is 4.84. The molecule has 1 N–H and O–H groups in total. The van der Waals surface area contributed by atoms with Crippen LogP contribution in [0.1, 0.15) is 11.1 Å². The summed E-state index contributed by atoms with van der Waals surface area (Å²) in [4.78, 5) is 24.0. The van der Waals surface area contributed by atoms with E-state index in [9.17, 15) is 9.59 Å². The van der Waals surface area contributed by atoms with Crippen LogP contribution in [-0.4, -0.2) is 41.6 Å². The van der Waals surface area contributed by atoms with Gasteiger partial charge in [-0.15, -0.1) is 0 Å². The van der Waals surface area contributed by atoms with Crippen LogP contribution in [0.25, 0.3) is 0 Å². The number of para-hydroxylation sites is 1. The molecule has 1 aromatic rings. The number of rotatable bonds is 4. The predicted octanol–water partition coefficient (Wildman–Crippen LogP) is 1.23. The van der Waals surface area contributed by atoms with Crippen LogP contribution in [0.2, 0.25) is 0 Å². The summed E-state index contributed by atoms with van der Waals surface area (Å²) in [6.45, 7) is 4.38. The van der Waals surface area contributed by atoms with Gasteiger partial charge in [0.2, 0.25) is 0 Å². The summed E-state index contributed by atoms with van der Waals surface area (Å²) < 4.78 is 5.54. The number of carboxylic acids is 1. The van der Waals surface area contributed by atoms with Gasteiger partial charge >= 0.3 is 5.97 Å². The third-order valence-electron chi connectivity index (χ3n) is 3.33. The summed E-state index contributed by atoms with van der Waals surface area (Å²) in [5.41, 5.74) is 1.97. The molecular formula is C14H17NO4. The average molecular weight is 263 g/mol. The molecule has 1 aromatic carbocycles. The first kappa shape index (κ1) is 13.4. The van der Waals surface area contributed by atoms with Gasteiger partial charge < -0.3 is 14.7 Å². The molecule has 1 amide bonds. The zero-order chi connectivity index (χ0) is 14.0. The Morgan fingerprint density at radius 2 is 1.89 bits per heavy atom. The molecule has 0 unspecified atom stereocenters. The molecule has 0 aliphatic carbocycles. The van der Waals surface area contributed by atoms with Crippen LogP contribution < -0.4 is 4.74 Å². The van der Waals surface area contributed by atoms with E-state index in [4.69, 9.17) is 9.84 Å². The van der Waals surface area contributed by atoms with Gasteiger partial charge in [0.1, 0.15) is 5.75 Å². The molecule has 1 aliphatic heterocycles. The second kappa shape index (κ2) is 5.30. The first-order valence-corrected chi connectivity index (χ1v) is 6.18. The number of aryl methyl sites for hydroxylation is 2. The number of benzene rings is 1. The van der Waals surface area contributed by atoms with E-state index in [1.807, 2.05) is 32.0 Å². The van der Waals surface area contributed by atoms with Gasteiger partial charge in [-0.3, -0.25) is 9.59 Å². The average Bonchev–Trinajstić information content (AvgIpc) is 2.25. The van der Waals surface area contributed by atoms with Gasteiger partial charge in [-0.05, 0) is 25.0 Å². The topological polar surface area (TPSA) is 66.8 Å². The van der Waals surface area contributed by atoms with Crippen molar-refractivity contribution in [3.8, 4) is 5.75 Å². The van der Waals surface area contributed by atoms with Crippen LogP contribution in [0.4, 0.5) is 0 Å². The van der Waals surface area contributed by atoms with E-state index in [1.165, 1.54) is 4.90 Å². The van der Waals surface area contributed by atoms with Gasteiger partial charge in [0.25, 0.3) is 5.91 Å². The highest BCUT2D eigenvalue weighted by molar-refractivity contribution is 5.82. The van der Waals surface area contributed by atoms with Gasteiger partial charge in [-0.1, -0.05) is 18.2 Å². The molecule has 0 saturated carbocycles. The lowest BCUT2D eigenvalue weighted by atomic mass is 10.0. The Balaban J connectivity index is 1.87. The van der Waals surface area contributed by atoms with Crippen molar-refractivity contribution in [2.45, 2.75) is 13.8 Å². The minimum absolute atomic E-state index is 0.0436. The summed E-state index contributed by atoms with van der Waals surface area (Å²) in [6.07, 6.45) is 0. The molecule has 5 heteroatoms. The Hall–Kier alpha value is -2.04. The number of aliphatic carboxylic acids is 1. The predicted molar refractivity (Wildman–Crippen MR) is 69.1 cm³/mol. The van der Waals surface area contributed by atoms with Crippen LogP contribution in [0.5, 0.6) is 5.75 Å². The Morgan fingerprint density at radius 1 is 1.32 bits per heavy atom. The normalized spacial score (nSPS) is 14.9. The molecular weight excluding hydrogens is 246 g/mol. The molecule has 0 radical (unpaired) electrons. The van der Waals surface area contributed by atoms with E-state index in [1.54, 1.807) is 0 Å². The largest absolute Gasteiger partial charge is 0.483 e. The lowest BCUT2D eigenvalue weighted by Gasteiger charge is -2.36. The summed E-state index contributed by atoms with van der Waals surface area (Å²) >= 11 is 0. The first-order chi connectivity index (χ1) is 8.99. The number of carboxylic acid groups (broad SMARTS) is 1. The quantitative estimate of drug-likeness (QED) is 0.887. The van der Waals surface area contributed by atoms with Crippen LogP contribution in [0.15, 0.2) is 18.2 Å². The standard InChI is InChI=1S/C14H17NO4/c1-9-4-3-5-10(2)13(9)19-8-12(16)15-6-11(7-15)14(17)18/h3-5,11H,6-8H2,1-2H3,(H,17,18). The van der Waals surface area contributed by atoms with Gasteiger partial charge in [-0.25, -0.2) is 0 Å². The lowest BCUT2D eigenvalue weighted by Crippen LogP contribution is -2.54. The summed E-state index contributed by atoms with van der Waals surface area (Å²) in [7, 11) is 0. The maximum absolute atomic E-state index is 11.8. The third kappa shape index (κ3) is 2.86. The Morgan fingerprint density at radius 3 is 2.42 bits per heavy atom. The minimum atomic E-state index is -0.847. The number of likely N-dealkylation sites (tertiary alicyclic amines) is 1. The molecule has 1 aliphatic rings. The lowest BCUT2D eigenvalue weighted by molar-refractivity contribution is -0.153. The molecule has 102 valence electrons. The maximum atomic E-state index is 11.8. The third-order valence-corrected chi connectivity index (χ3v) is 3.33. The molecule has 19 heavy (non-hydrogen) atoms. The number of hydrogen-bond acceptors (Lipinski definition) is 3. The molecule has 2 rings (SSSR count). The SMILES string of the molecule is Cc1cccc(C)c1OCC(=O)N1CC(C(=O)O)C1. The van der Waals surface area contributed by atoms with Crippen LogP contribution in [0.3, 0.4) is 0 Å². The van der Waals surface area contributed by atoms with Crippen LogP contribution in [0, 0.1) is 19.8 Å². The van der Waals surface area contributed by atoms with Gasteiger partial charge in [0, 0.05) is 13.1 Å². The number of carbonyl (C=O) groups is 2. The van der Waals surface area contributed by atoms with E-state index < -0.39 is 11.9 Å². The molecule has 0 atom stereocenters. The van der Waals surface area contributed by atoms with Crippen LogP contribution in [-0.2, 0) is 9.59 Å². The van der Waals surface area contributed by atoms with E-state index in [-0.39, 0.29) is 25.6 Å². The van der Waals surface area contributed by atoms with Gasteiger partial charge in [0.15, 0.2) is 6.61 Å². The van der Waals surface area contributed by atoms with Crippen molar-refractivity contribution in [2.24, 2.45) is 5.92 Å². The number of carbonyl (C=O) groups excluding carboxylic acids is 1. The number of amides is 1. The maximum Gasteiger partial charge on any atom is 0.310 e. The Bertz CT molecular complexity index is 486. The molecule has 1 fully saturated rings. The number of ether oxygens (including phenoxy) is 1. The van der Waals surface area contributed by atoms with Crippen molar-refractivity contribution in [3.63, 3.8) is 0 Å². The van der Waals surface area contributed by atoms with E-state index in [2.05, 4.69) is 0 Å². The van der Waals surface area contributed by atoms with Crippen molar-refractivity contribution in [2.75, 3.05) is 19.7 Å². The fourth-order valence-electron chi connectivity index (χ4n) is 2.09. The molecule has 0 spiro atoms. The molecule has 1 heterocycles. The van der Waals surface area contributed by atoms with Crippen molar-refractivity contribution in [3.05, 3.63) is 29.3 Å². The molecule has 0 aromatic heterocycles. The Labute approximate surface area is 111 Å². The smallest absolute Gasteiger partial charge is 0.310 e. The van der Waals surface area contributed by atoms with Crippen molar-refractivity contribution in [1.29, 1.82) is 0 Å². The summed E-state index contributed by atoms with van der Waals surface area (Å²) in [5.74, 6) is -0.713. The monoisotopic (exact) mass is 263 g/mol. The van der Waals surface area contributed by atoms with E-state index in [0.29, 0.717) is 0 Å². The number of nitrogens with zero attached hydrogens (tertiary/aromatic N) is 1. The Kier molecular flexibility index (Phi) is 3.74. The van der Waals surface area contributed by atoms with E-state index >= 15 is 0 Å². The highest BCUT2D eigenvalue weighted by Gasteiger charge is 2.35. The first-order valence-electron chi connectivity index (χ1n) is 6.18. The van der Waals surface area contributed by atoms with Crippen molar-refractivity contribution < 1.29 is 19.4 Å². The number of hydrogen-bond donors (Lipinski definition) is 1.